The lowest BCUT2D eigenvalue weighted by Gasteiger charge is -2.62. The molecule has 2 bridgehead atoms. The van der Waals surface area contributed by atoms with E-state index in [2.05, 4.69) is 13.8 Å². The molecule has 0 aromatic carbocycles. The predicted octanol–water partition coefficient (Wildman–Crippen LogP) is 4.26. The Morgan fingerprint density at radius 2 is 1.85 bits per heavy atom. The van der Waals surface area contributed by atoms with E-state index in [4.69, 9.17) is 9.47 Å². The van der Waals surface area contributed by atoms with E-state index in [9.17, 15) is 9.59 Å². The fraction of sp³-hybridized carbons (Fsp3) is 0.909. The van der Waals surface area contributed by atoms with Crippen LogP contribution < -0.4 is 0 Å². The van der Waals surface area contributed by atoms with Crippen molar-refractivity contribution in [3.05, 3.63) is 0 Å². The molecule has 0 aromatic rings. The van der Waals surface area contributed by atoms with Crippen LogP contribution in [-0.4, -0.2) is 23.6 Å². The first-order valence-corrected chi connectivity index (χ1v) is 10.7. The van der Waals surface area contributed by atoms with Crippen molar-refractivity contribution in [2.45, 2.75) is 90.3 Å². The molecule has 5 fully saturated rings. The summed E-state index contributed by atoms with van der Waals surface area (Å²) in [6, 6.07) is 0. The Kier molecular flexibility index (Phi) is 3.45. The van der Waals surface area contributed by atoms with Crippen molar-refractivity contribution >= 4 is 11.9 Å². The van der Waals surface area contributed by atoms with E-state index < -0.39 is 0 Å². The van der Waals surface area contributed by atoms with Gasteiger partial charge in [-0.15, -0.1) is 0 Å². The molecular formula is C22H32O4. The van der Waals surface area contributed by atoms with Crippen molar-refractivity contribution < 1.29 is 19.1 Å². The van der Waals surface area contributed by atoms with Gasteiger partial charge in [0.25, 0.3) is 0 Å². The molecule has 0 unspecified atom stereocenters. The summed E-state index contributed by atoms with van der Waals surface area (Å²) in [7, 11) is 0. The molecule has 8 atom stereocenters. The summed E-state index contributed by atoms with van der Waals surface area (Å²) >= 11 is 0. The van der Waals surface area contributed by atoms with Gasteiger partial charge in [0.2, 0.25) is 0 Å². The van der Waals surface area contributed by atoms with Crippen molar-refractivity contribution in [1.29, 1.82) is 0 Å². The molecule has 0 radical (unpaired) electrons. The standard InChI is InChI=1S/C22H32O4/c1-13(23)25-15-6-9-20(2)14(12-15)4-5-17-16(20)7-10-21(3)18-8-11-22(17,21)26-19(18)24/h14-18H,4-12H2,1-3H3/t14-,15+,16+,17-,18+,20+,21-,22+/m1/s1. The first kappa shape index (κ1) is 17.1. The molecule has 1 heterocycles. The maximum absolute atomic E-state index is 12.5. The van der Waals surface area contributed by atoms with E-state index in [0.29, 0.717) is 23.2 Å². The molecule has 1 aliphatic heterocycles. The average molecular weight is 360 g/mol. The van der Waals surface area contributed by atoms with Crippen LogP contribution in [0.4, 0.5) is 0 Å². The molecule has 1 saturated heterocycles. The molecule has 5 rings (SSSR count). The minimum absolute atomic E-state index is 0.0728. The fourth-order valence-electron chi connectivity index (χ4n) is 8.37. The summed E-state index contributed by atoms with van der Waals surface area (Å²) in [5.41, 5.74) is 0.199. The number of esters is 2. The van der Waals surface area contributed by atoms with Gasteiger partial charge in [-0.1, -0.05) is 13.8 Å². The Bertz CT molecular complexity index is 659. The molecule has 0 N–H and O–H groups in total. The summed E-state index contributed by atoms with van der Waals surface area (Å²) in [5.74, 6) is 1.91. The van der Waals surface area contributed by atoms with Gasteiger partial charge in [-0.05, 0) is 75.0 Å². The van der Waals surface area contributed by atoms with Crippen LogP contribution in [0.5, 0.6) is 0 Å². The van der Waals surface area contributed by atoms with Gasteiger partial charge in [-0.25, -0.2) is 0 Å². The average Bonchev–Trinajstić information content (AvgIpc) is 2.99. The first-order valence-electron chi connectivity index (χ1n) is 10.7. The van der Waals surface area contributed by atoms with Gasteiger partial charge in [-0.3, -0.25) is 9.59 Å². The van der Waals surface area contributed by atoms with Gasteiger partial charge < -0.3 is 9.47 Å². The summed E-state index contributed by atoms with van der Waals surface area (Å²) < 4.78 is 11.8. The van der Waals surface area contributed by atoms with Crippen LogP contribution in [0.1, 0.15) is 78.6 Å². The van der Waals surface area contributed by atoms with Crippen LogP contribution in [0.2, 0.25) is 0 Å². The lowest BCUT2D eigenvalue weighted by Crippen LogP contribution is -2.61. The van der Waals surface area contributed by atoms with Crippen LogP contribution in [0, 0.1) is 34.5 Å². The molecule has 144 valence electrons. The minimum Gasteiger partial charge on any atom is -0.463 e. The van der Waals surface area contributed by atoms with Crippen LogP contribution in [0.15, 0.2) is 0 Å². The smallest absolute Gasteiger partial charge is 0.310 e. The highest BCUT2D eigenvalue weighted by Gasteiger charge is 2.74. The van der Waals surface area contributed by atoms with Crippen LogP contribution in [0.3, 0.4) is 0 Å². The van der Waals surface area contributed by atoms with Crippen LogP contribution >= 0.6 is 0 Å². The molecule has 4 saturated carbocycles. The quantitative estimate of drug-likeness (QED) is 0.656. The number of carbonyl (C=O) groups is 2. The van der Waals surface area contributed by atoms with Crippen LogP contribution in [-0.2, 0) is 19.1 Å². The summed E-state index contributed by atoms with van der Waals surface area (Å²) in [5, 5.41) is 0. The molecule has 26 heavy (non-hydrogen) atoms. The predicted molar refractivity (Wildman–Crippen MR) is 96.1 cm³/mol. The lowest BCUT2D eigenvalue weighted by molar-refractivity contribution is -0.203. The number of fused-ring (bicyclic) bond motifs is 3. The summed E-state index contributed by atoms with van der Waals surface area (Å²) in [6.45, 7) is 6.36. The maximum atomic E-state index is 12.5. The van der Waals surface area contributed by atoms with Gasteiger partial charge in [0.1, 0.15) is 11.7 Å². The Balaban J connectivity index is 1.44. The molecule has 4 nitrogen and oxygen atoms in total. The normalized spacial score (nSPS) is 54.7. The summed E-state index contributed by atoms with van der Waals surface area (Å²) in [6.07, 6.45) is 10.1. The Hall–Kier alpha value is -1.06. The van der Waals surface area contributed by atoms with Crippen LogP contribution in [0.25, 0.3) is 0 Å². The highest BCUT2D eigenvalue weighted by atomic mass is 16.6. The van der Waals surface area contributed by atoms with Gasteiger partial charge in [0.15, 0.2) is 0 Å². The third-order valence-corrected chi connectivity index (χ3v) is 9.66. The third kappa shape index (κ3) is 1.91. The van der Waals surface area contributed by atoms with Gasteiger partial charge >= 0.3 is 11.9 Å². The summed E-state index contributed by atoms with van der Waals surface area (Å²) in [4.78, 5) is 23.9. The van der Waals surface area contributed by atoms with Crippen molar-refractivity contribution in [3.8, 4) is 0 Å². The maximum Gasteiger partial charge on any atom is 0.310 e. The second kappa shape index (κ2) is 5.26. The van der Waals surface area contributed by atoms with E-state index in [1.165, 1.54) is 26.2 Å². The second-order valence-electron chi connectivity index (χ2n) is 10.4. The number of ether oxygens (including phenoxy) is 2. The van der Waals surface area contributed by atoms with Crippen molar-refractivity contribution in [3.63, 3.8) is 0 Å². The van der Waals surface area contributed by atoms with E-state index in [-0.39, 0.29) is 35.0 Å². The van der Waals surface area contributed by atoms with E-state index in [1.807, 2.05) is 0 Å². The number of rotatable bonds is 1. The molecule has 4 heteroatoms. The largest absolute Gasteiger partial charge is 0.463 e. The molecule has 0 amide bonds. The Morgan fingerprint density at radius 3 is 2.58 bits per heavy atom. The van der Waals surface area contributed by atoms with Gasteiger partial charge in [0.05, 0.1) is 5.92 Å². The Labute approximate surface area is 156 Å². The van der Waals surface area contributed by atoms with E-state index in [1.54, 1.807) is 0 Å². The first-order chi connectivity index (χ1) is 12.3. The van der Waals surface area contributed by atoms with Gasteiger partial charge in [0, 0.05) is 18.3 Å². The molecule has 4 aliphatic carbocycles. The zero-order chi connectivity index (χ0) is 18.3. The monoisotopic (exact) mass is 360 g/mol. The molecule has 5 aliphatic rings. The van der Waals surface area contributed by atoms with Crippen molar-refractivity contribution in [1.82, 2.24) is 0 Å². The van der Waals surface area contributed by atoms with E-state index in [0.717, 1.165) is 38.5 Å². The van der Waals surface area contributed by atoms with Crippen molar-refractivity contribution in [2.24, 2.45) is 34.5 Å². The molecular weight excluding hydrogens is 328 g/mol. The fourth-order valence-corrected chi connectivity index (χ4v) is 8.37. The molecule has 0 spiro atoms. The number of hydrogen-bond acceptors (Lipinski definition) is 4. The zero-order valence-electron chi connectivity index (χ0n) is 16.4. The third-order valence-electron chi connectivity index (χ3n) is 9.66. The molecule has 0 aromatic heterocycles. The zero-order valence-corrected chi connectivity index (χ0v) is 16.4. The topological polar surface area (TPSA) is 52.6 Å². The minimum atomic E-state index is -0.182. The Morgan fingerprint density at radius 1 is 1.04 bits per heavy atom. The van der Waals surface area contributed by atoms with Gasteiger partial charge in [-0.2, -0.15) is 0 Å². The number of hydrogen-bond donors (Lipinski definition) is 0. The SMILES string of the molecule is CC(=O)O[C@H]1CC[C@@]2(C)[C@H](CC[C@@H]3[C@@H]2CC[C@]2(C)[C@H]4CC[C@]32OC4=O)C1. The lowest BCUT2D eigenvalue weighted by atomic mass is 9.44. The second-order valence-corrected chi connectivity index (χ2v) is 10.4. The number of carbonyl (C=O) groups excluding carboxylic acids is 2. The highest BCUT2D eigenvalue weighted by molar-refractivity contribution is 5.78. The van der Waals surface area contributed by atoms with E-state index >= 15 is 0 Å². The highest BCUT2D eigenvalue weighted by Crippen LogP contribution is 2.72. The van der Waals surface area contributed by atoms with Crippen molar-refractivity contribution in [2.75, 3.05) is 0 Å².